The van der Waals surface area contributed by atoms with E-state index in [2.05, 4.69) is 5.32 Å². The van der Waals surface area contributed by atoms with Gasteiger partial charge in [-0.05, 0) is 12.1 Å². The largest absolute Gasteiger partial charge is 0.508 e. The molecule has 0 saturated heterocycles. The van der Waals surface area contributed by atoms with Gasteiger partial charge in [0.1, 0.15) is 17.5 Å². The van der Waals surface area contributed by atoms with Gasteiger partial charge in [-0.1, -0.05) is 36.4 Å². The van der Waals surface area contributed by atoms with Gasteiger partial charge in [-0.3, -0.25) is 4.79 Å². The van der Waals surface area contributed by atoms with Crippen LogP contribution in [0.2, 0.25) is 0 Å². The second-order valence-corrected chi connectivity index (χ2v) is 5.15. The molecule has 122 valence electrons. The number of aliphatic carboxylic acids is 1. The van der Waals surface area contributed by atoms with Gasteiger partial charge in [0, 0.05) is 30.1 Å². The molecule has 0 fully saturated rings. The lowest BCUT2D eigenvalue weighted by atomic mass is 9.84. The van der Waals surface area contributed by atoms with E-state index in [1.807, 2.05) is 0 Å². The van der Waals surface area contributed by atoms with Gasteiger partial charge >= 0.3 is 5.97 Å². The molecule has 1 unspecified atom stereocenters. The van der Waals surface area contributed by atoms with Crippen molar-refractivity contribution < 1.29 is 20.1 Å². The number of benzene rings is 2. The minimum atomic E-state index is -1.09. The molecule has 2 aromatic carbocycles. The zero-order chi connectivity index (χ0) is 16.8. The van der Waals surface area contributed by atoms with Gasteiger partial charge in [-0.2, -0.15) is 0 Å². The number of aromatic hydroxyl groups is 2. The van der Waals surface area contributed by atoms with E-state index in [1.165, 1.54) is 12.1 Å². The molecule has 0 aliphatic heterocycles. The van der Waals surface area contributed by atoms with Crippen LogP contribution >= 0.6 is 0 Å². The van der Waals surface area contributed by atoms with Crippen molar-refractivity contribution in [3.63, 3.8) is 0 Å². The zero-order valence-corrected chi connectivity index (χ0v) is 12.5. The molecule has 1 atom stereocenters. The van der Waals surface area contributed by atoms with Crippen molar-refractivity contribution in [2.75, 3.05) is 13.1 Å². The van der Waals surface area contributed by atoms with E-state index < -0.39 is 17.9 Å². The molecule has 2 aromatic rings. The number of nitrogens with two attached hydrogens (primary N) is 1. The number of phenols is 2. The second-order valence-electron chi connectivity index (χ2n) is 5.15. The molecule has 6 heteroatoms. The highest BCUT2D eigenvalue weighted by atomic mass is 16.4. The van der Waals surface area contributed by atoms with E-state index in [-0.39, 0.29) is 18.0 Å². The van der Waals surface area contributed by atoms with Crippen molar-refractivity contribution in [2.45, 2.75) is 12.0 Å². The second kappa shape index (κ2) is 7.62. The summed E-state index contributed by atoms with van der Waals surface area (Å²) in [6.07, 6.45) is 0. The molecule has 0 spiro atoms. The number of rotatable bonds is 7. The van der Waals surface area contributed by atoms with E-state index in [0.717, 1.165) is 0 Å². The highest BCUT2D eigenvalue weighted by Gasteiger charge is 2.33. The average molecular weight is 316 g/mol. The summed E-state index contributed by atoms with van der Waals surface area (Å²) in [4.78, 5) is 11.7. The van der Waals surface area contributed by atoms with Crippen LogP contribution in [-0.2, 0) is 4.79 Å². The smallest absolute Gasteiger partial charge is 0.321 e. The SMILES string of the molecule is NCCNC(C(=O)O)C(c1ccccc1O)c1ccccc1O. The topological polar surface area (TPSA) is 116 Å². The fourth-order valence-electron chi connectivity index (χ4n) is 2.61. The molecule has 0 aliphatic carbocycles. The molecule has 0 aliphatic rings. The molecule has 23 heavy (non-hydrogen) atoms. The first kappa shape index (κ1) is 16.8. The molecule has 0 amide bonds. The standard InChI is InChI=1S/C17H20N2O4/c18-9-10-19-16(17(22)23)15(11-5-1-3-7-13(11)20)12-6-2-4-8-14(12)21/h1-8,15-16,19-21H,9-10,18H2,(H,22,23). The Morgan fingerprint density at radius 3 is 1.87 bits per heavy atom. The lowest BCUT2D eigenvalue weighted by Gasteiger charge is -2.27. The van der Waals surface area contributed by atoms with E-state index in [9.17, 15) is 20.1 Å². The van der Waals surface area contributed by atoms with Crippen LogP contribution in [0.15, 0.2) is 48.5 Å². The van der Waals surface area contributed by atoms with Gasteiger partial charge in [0.2, 0.25) is 0 Å². The molecular weight excluding hydrogens is 296 g/mol. The van der Waals surface area contributed by atoms with E-state index in [0.29, 0.717) is 17.7 Å². The molecule has 0 bridgehead atoms. The Labute approximate surface area is 134 Å². The molecule has 0 aromatic heterocycles. The summed E-state index contributed by atoms with van der Waals surface area (Å²) in [5, 5.41) is 32.8. The average Bonchev–Trinajstić information content (AvgIpc) is 2.53. The number of para-hydroxylation sites is 2. The zero-order valence-electron chi connectivity index (χ0n) is 12.5. The molecule has 2 rings (SSSR count). The van der Waals surface area contributed by atoms with E-state index in [1.54, 1.807) is 36.4 Å². The van der Waals surface area contributed by atoms with Crippen molar-refractivity contribution in [2.24, 2.45) is 5.73 Å². The summed E-state index contributed by atoms with van der Waals surface area (Å²) in [6, 6.07) is 12.0. The quantitative estimate of drug-likeness (QED) is 0.525. The molecular formula is C17H20N2O4. The number of carboxylic acid groups (broad SMARTS) is 1. The van der Waals surface area contributed by atoms with Crippen LogP contribution in [0.3, 0.4) is 0 Å². The summed E-state index contributed by atoms with van der Waals surface area (Å²) in [6.45, 7) is 0.576. The predicted molar refractivity (Wildman–Crippen MR) is 86.5 cm³/mol. The van der Waals surface area contributed by atoms with Crippen LogP contribution in [-0.4, -0.2) is 40.4 Å². The van der Waals surface area contributed by atoms with E-state index in [4.69, 9.17) is 5.73 Å². The van der Waals surface area contributed by atoms with Crippen LogP contribution in [0.25, 0.3) is 0 Å². The predicted octanol–water partition coefficient (Wildman–Crippen LogP) is 1.23. The molecule has 0 saturated carbocycles. The molecule has 0 heterocycles. The summed E-state index contributed by atoms with van der Waals surface area (Å²) in [5.74, 6) is -1.90. The minimum Gasteiger partial charge on any atom is -0.508 e. The number of carboxylic acids is 1. The summed E-state index contributed by atoms with van der Waals surface area (Å²) in [7, 11) is 0. The Bertz CT molecular complexity index is 630. The monoisotopic (exact) mass is 316 g/mol. The van der Waals surface area contributed by atoms with Crippen LogP contribution in [0.5, 0.6) is 11.5 Å². The number of hydrogen-bond donors (Lipinski definition) is 5. The van der Waals surface area contributed by atoms with Gasteiger partial charge in [0.25, 0.3) is 0 Å². The third kappa shape index (κ3) is 3.80. The van der Waals surface area contributed by atoms with Gasteiger partial charge in [0.05, 0.1) is 0 Å². The highest BCUT2D eigenvalue weighted by molar-refractivity contribution is 5.76. The third-order valence-electron chi connectivity index (χ3n) is 3.65. The number of hydrogen-bond acceptors (Lipinski definition) is 5. The van der Waals surface area contributed by atoms with Crippen molar-refractivity contribution in [3.05, 3.63) is 59.7 Å². The maximum Gasteiger partial charge on any atom is 0.321 e. The minimum absolute atomic E-state index is 0.0263. The number of nitrogens with one attached hydrogen (secondary N) is 1. The first-order chi connectivity index (χ1) is 11.1. The van der Waals surface area contributed by atoms with Crippen LogP contribution < -0.4 is 11.1 Å². The fraction of sp³-hybridized carbons (Fsp3) is 0.235. The normalized spacial score (nSPS) is 12.3. The van der Waals surface area contributed by atoms with E-state index >= 15 is 0 Å². The van der Waals surface area contributed by atoms with Gasteiger partial charge in [-0.15, -0.1) is 0 Å². The Morgan fingerprint density at radius 2 is 1.48 bits per heavy atom. The first-order valence-corrected chi connectivity index (χ1v) is 7.28. The summed E-state index contributed by atoms with van der Waals surface area (Å²) in [5.41, 5.74) is 6.30. The number of phenolic OH excluding ortho intramolecular Hbond substituents is 2. The van der Waals surface area contributed by atoms with Crippen molar-refractivity contribution in [1.82, 2.24) is 5.32 Å². The Morgan fingerprint density at radius 1 is 1.00 bits per heavy atom. The van der Waals surface area contributed by atoms with Crippen LogP contribution in [0.4, 0.5) is 0 Å². The maximum absolute atomic E-state index is 11.7. The van der Waals surface area contributed by atoms with Crippen molar-refractivity contribution in [1.29, 1.82) is 0 Å². The van der Waals surface area contributed by atoms with Crippen molar-refractivity contribution in [3.8, 4) is 11.5 Å². The lowest BCUT2D eigenvalue weighted by Crippen LogP contribution is -2.44. The van der Waals surface area contributed by atoms with Gasteiger partial charge in [0.15, 0.2) is 0 Å². The molecule has 6 N–H and O–H groups in total. The molecule has 6 nitrogen and oxygen atoms in total. The molecule has 0 radical (unpaired) electrons. The Hall–Kier alpha value is -2.57. The maximum atomic E-state index is 11.7. The number of carbonyl (C=O) groups is 1. The Balaban J connectivity index is 2.57. The third-order valence-corrected chi connectivity index (χ3v) is 3.65. The lowest BCUT2D eigenvalue weighted by molar-refractivity contribution is -0.139. The van der Waals surface area contributed by atoms with Crippen LogP contribution in [0, 0.1) is 0 Å². The highest BCUT2D eigenvalue weighted by Crippen LogP contribution is 2.37. The summed E-state index contributed by atoms with van der Waals surface area (Å²) < 4.78 is 0. The van der Waals surface area contributed by atoms with Crippen LogP contribution in [0.1, 0.15) is 17.0 Å². The fourth-order valence-corrected chi connectivity index (χ4v) is 2.61. The summed E-state index contributed by atoms with van der Waals surface area (Å²) >= 11 is 0. The van der Waals surface area contributed by atoms with Gasteiger partial charge in [-0.25, -0.2) is 0 Å². The van der Waals surface area contributed by atoms with Gasteiger partial charge < -0.3 is 26.4 Å². The Kier molecular flexibility index (Phi) is 5.56. The van der Waals surface area contributed by atoms with Crippen molar-refractivity contribution >= 4 is 5.97 Å². The first-order valence-electron chi connectivity index (χ1n) is 7.28.